The first kappa shape index (κ1) is 21.6. The van der Waals surface area contributed by atoms with Gasteiger partial charge in [0.2, 0.25) is 0 Å². The molecule has 2 atom stereocenters. The summed E-state index contributed by atoms with van der Waals surface area (Å²) in [5, 5.41) is 15.0. The highest BCUT2D eigenvalue weighted by molar-refractivity contribution is 6.25. The van der Waals surface area contributed by atoms with E-state index in [9.17, 15) is 4.79 Å². The van der Waals surface area contributed by atoms with E-state index in [-0.39, 0.29) is 17.6 Å². The average molecular weight is 487 g/mol. The van der Waals surface area contributed by atoms with Crippen molar-refractivity contribution in [1.29, 1.82) is 0 Å². The summed E-state index contributed by atoms with van der Waals surface area (Å²) in [7, 11) is 0. The lowest BCUT2D eigenvalue weighted by atomic mass is 9.80. The van der Waals surface area contributed by atoms with Crippen LogP contribution in [0.2, 0.25) is 0 Å². The van der Waals surface area contributed by atoms with E-state index in [0.717, 1.165) is 11.1 Å². The van der Waals surface area contributed by atoms with Crippen molar-refractivity contribution in [2.24, 2.45) is 0 Å². The number of benzene rings is 8. The second-order valence-electron chi connectivity index (χ2n) is 10.9. The van der Waals surface area contributed by atoms with Crippen LogP contribution in [-0.4, -0.2) is 5.78 Å². The third-order valence-electron chi connectivity index (χ3n) is 8.91. The van der Waals surface area contributed by atoms with Crippen molar-refractivity contribution < 1.29 is 4.79 Å². The lowest BCUT2D eigenvalue weighted by Gasteiger charge is -2.22. The van der Waals surface area contributed by atoms with Crippen molar-refractivity contribution in [2.75, 3.05) is 0 Å². The standard InChI is InChI=1S/C37H26O/c1-21(29-17-13-27-11-9-23-5-3-7-25-15-19-31(29)35(27)33(23)25)37(38)22(2)30-18-14-28-12-10-24-6-4-8-26-16-20-32(30)36(28)34(24)26/h3-22H,1-2H3. The molecule has 0 saturated carbocycles. The van der Waals surface area contributed by atoms with Crippen molar-refractivity contribution in [3.63, 3.8) is 0 Å². The SMILES string of the molecule is CC(C(=O)C(C)c1ccc2ccc3cccc4ccc1c2c34)c1ccc2ccc3cccc4ccc1c2c34. The molecule has 0 aliphatic heterocycles. The molecular weight excluding hydrogens is 460 g/mol. The van der Waals surface area contributed by atoms with E-state index in [1.54, 1.807) is 0 Å². The van der Waals surface area contributed by atoms with Crippen molar-refractivity contribution in [2.45, 2.75) is 25.7 Å². The molecule has 0 amide bonds. The number of Topliss-reactive ketones (excluding diaryl/α,β-unsaturated/α-hetero) is 1. The van der Waals surface area contributed by atoms with Crippen LogP contribution in [0.4, 0.5) is 0 Å². The molecule has 0 aromatic heterocycles. The molecule has 8 rings (SSSR count). The number of hydrogen-bond donors (Lipinski definition) is 0. The van der Waals surface area contributed by atoms with Gasteiger partial charge in [0.25, 0.3) is 0 Å². The first-order valence-corrected chi connectivity index (χ1v) is 13.5. The monoisotopic (exact) mass is 486 g/mol. The quantitative estimate of drug-likeness (QED) is 0.226. The van der Waals surface area contributed by atoms with Crippen LogP contribution in [-0.2, 0) is 4.79 Å². The van der Waals surface area contributed by atoms with Gasteiger partial charge in [0.15, 0.2) is 0 Å². The smallest absolute Gasteiger partial charge is 0.147 e. The number of hydrogen-bond acceptors (Lipinski definition) is 1. The molecule has 8 aromatic rings. The van der Waals surface area contributed by atoms with Crippen molar-refractivity contribution in [3.05, 3.63) is 120 Å². The number of carbonyl (C=O) groups excluding carboxylic acids is 1. The van der Waals surface area contributed by atoms with Crippen LogP contribution < -0.4 is 0 Å². The van der Waals surface area contributed by atoms with Gasteiger partial charge in [-0.15, -0.1) is 0 Å². The molecular formula is C37H26O. The van der Waals surface area contributed by atoms with E-state index in [1.165, 1.54) is 64.6 Å². The molecule has 8 aromatic carbocycles. The lowest BCUT2D eigenvalue weighted by Crippen LogP contribution is -2.17. The Hall–Kier alpha value is -4.49. The summed E-state index contributed by atoms with van der Waals surface area (Å²) in [6.45, 7) is 4.17. The van der Waals surface area contributed by atoms with Gasteiger partial charge in [-0.3, -0.25) is 4.79 Å². The Kier molecular flexibility index (Phi) is 4.41. The van der Waals surface area contributed by atoms with E-state index in [1.807, 2.05) is 0 Å². The predicted molar refractivity (Wildman–Crippen MR) is 162 cm³/mol. The van der Waals surface area contributed by atoms with Crippen molar-refractivity contribution in [3.8, 4) is 0 Å². The highest BCUT2D eigenvalue weighted by Crippen LogP contribution is 2.41. The molecule has 0 saturated heterocycles. The zero-order valence-corrected chi connectivity index (χ0v) is 21.5. The van der Waals surface area contributed by atoms with E-state index < -0.39 is 0 Å². The molecule has 1 heteroatoms. The molecule has 0 heterocycles. The molecule has 180 valence electrons. The largest absolute Gasteiger partial charge is 0.298 e. The van der Waals surface area contributed by atoms with Gasteiger partial charge >= 0.3 is 0 Å². The van der Waals surface area contributed by atoms with Gasteiger partial charge in [0, 0.05) is 11.8 Å². The Morgan fingerprint density at radius 3 is 1.13 bits per heavy atom. The van der Waals surface area contributed by atoms with Crippen molar-refractivity contribution >= 4 is 70.4 Å². The van der Waals surface area contributed by atoms with Crippen LogP contribution in [0, 0.1) is 0 Å². The Morgan fingerprint density at radius 1 is 0.421 bits per heavy atom. The number of rotatable bonds is 4. The topological polar surface area (TPSA) is 17.1 Å². The van der Waals surface area contributed by atoms with Crippen molar-refractivity contribution in [1.82, 2.24) is 0 Å². The minimum atomic E-state index is -0.215. The van der Waals surface area contributed by atoms with Crippen LogP contribution in [0.15, 0.2) is 109 Å². The number of carbonyl (C=O) groups is 1. The van der Waals surface area contributed by atoms with Gasteiger partial charge in [0.1, 0.15) is 5.78 Å². The zero-order chi connectivity index (χ0) is 25.5. The molecule has 0 N–H and O–H groups in total. The first-order valence-electron chi connectivity index (χ1n) is 13.5. The van der Waals surface area contributed by atoms with Crippen LogP contribution in [0.1, 0.15) is 36.8 Å². The summed E-state index contributed by atoms with van der Waals surface area (Å²) in [5.74, 6) is -0.170. The molecule has 0 spiro atoms. The van der Waals surface area contributed by atoms with E-state index in [0.29, 0.717) is 0 Å². The molecule has 2 unspecified atom stereocenters. The van der Waals surface area contributed by atoms with Crippen LogP contribution in [0.3, 0.4) is 0 Å². The Bertz CT molecular complexity index is 2000. The third-order valence-corrected chi connectivity index (χ3v) is 8.91. The molecule has 0 fully saturated rings. The highest BCUT2D eigenvalue weighted by atomic mass is 16.1. The normalized spacial score (nSPS) is 13.9. The molecule has 0 aliphatic rings. The summed E-state index contributed by atoms with van der Waals surface area (Å²) in [6, 6.07) is 39.3. The molecule has 38 heavy (non-hydrogen) atoms. The Labute approximate surface area is 221 Å². The van der Waals surface area contributed by atoms with Gasteiger partial charge in [-0.05, 0) is 75.8 Å². The van der Waals surface area contributed by atoms with Gasteiger partial charge in [-0.1, -0.05) is 123 Å². The number of ketones is 1. The summed E-state index contributed by atoms with van der Waals surface area (Å²) >= 11 is 0. The van der Waals surface area contributed by atoms with E-state index in [2.05, 4.69) is 123 Å². The third kappa shape index (κ3) is 2.85. The maximum Gasteiger partial charge on any atom is 0.147 e. The second-order valence-corrected chi connectivity index (χ2v) is 10.9. The van der Waals surface area contributed by atoms with Gasteiger partial charge in [-0.2, -0.15) is 0 Å². The first-order chi connectivity index (χ1) is 18.6. The van der Waals surface area contributed by atoms with Crippen LogP contribution in [0.5, 0.6) is 0 Å². The Morgan fingerprint density at radius 2 is 0.737 bits per heavy atom. The van der Waals surface area contributed by atoms with Crippen LogP contribution >= 0.6 is 0 Å². The minimum Gasteiger partial charge on any atom is -0.298 e. The Balaban J connectivity index is 1.28. The summed E-state index contributed by atoms with van der Waals surface area (Å²) in [5.41, 5.74) is 2.23. The molecule has 0 bridgehead atoms. The highest BCUT2D eigenvalue weighted by Gasteiger charge is 2.26. The summed E-state index contributed by atoms with van der Waals surface area (Å²) < 4.78 is 0. The predicted octanol–water partition coefficient (Wildman–Crippen LogP) is 9.96. The van der Waals surface area contributed by atoms with Gasteiger partial charge in [-0.25, -0.2) is 0 Å². The van der Waals surface area contributed by atoms with Gasteiger partial charge in [0.05, 0.1) is 0 Å². The fourth-order valence-electron chi connectivity index (χ4n) is 6.95. The zero-order valence-electron chi connectivity index (χ0n) is 21.5. The summed E-state index contributed by atoms with van der Waals surface area (Å²) in [4.78, 5) is 14.2. The maximum atomic E-state index is 14.2. The fraction of sp³-hybridized carbons (Fsp3) is 0.108. The van der Waals surface area contributed by atoms with E-state index >= 15 is 0 Å². The fourth-order valence-corrected chi connectivity index (χ4v) is 6.95. The summed E-state index contributed by atoms with van der Waals surface area (Å²) in [6.07, 6.45) is 0. The average Bonchev–Trinajstić information content (AvgIpc) is 2.97. The second kappa shape index (κ2) is 7.76. The lowest BCUT2D eigenvalue weighted by molar-refractivity contribution is -0.121. The van der Waals surface area contributed by atoms with Crippen LogP contribution in [0.25, 0.3) is 64.6 Å². The van der Waals surface area contributed by atoms with E-state index in [4.69, 9.17) is 0 Å². The molecule has 1 nitrogen and oxygen atoms in total. The molecule has 0 aliphatic carbocycles. The minimum absolute atomic E-state index is 0.215. The maximum absolute atomic E-state index is 14.2. The molecule has 0 radical (unpaired) electrons. The van der Waals surface area contributed by atoms with Gasteiger partial charge < -0.3 is 0 Å².